The first-order valence-corrected chi connectivity index (χ1v) is 7.51. The molecule has 0 saturated heterocycles. The molecule has 2 rings (SSSR count). The second-order valence-corrected chi connectivity index (χ2v) is 5.46. The Morgan fingerprint density at radius 3 is 2.48 bits per heavy atom. The maximum Gasteiger partial charge on any atom is 0.139 e. The summed E-state index contributed by atoms with van der Waals surface area (Å²) in [6.45, 7) is 6.11. The third-order valence-electron chi connectivity index (χ3n) is 3.34. The van der Waals surface area contributed by atoms with E-state index in [1.165, 1.54) is 0 Å². The molecular formula is C16H21ClN4. The molecule has 0 aliphatic heterocycles. The van der Waals surface area contributed by atoms with Crippen LogP contribution in [0.5, 0.6) is 0 Å². The van der Waals surface area contributed by atoms with E-state index in [9.17, 15) is 0 Å². The Balaban J connectivity index is 2.37. The Kier molecular flexibility index (Phi) is 5.02. The van der Waals surface area contributed by atoms with Gasteiger partial charge in [-0.2, -0.15) is 0 Å². The van der Waals surface area contributed by atoms with E-state index in [2.05, 4.69) is 27.5 Å². The second-order valence-electron chi connectivity index (χ2n) is 5.05. The van der Waals surface area contributed by atoms with Gasteiger partial charge in [0, 0.05) is 29.7 Å². The standard InChI is InChI=1S/C16H21ClN4/c1-5-6-14-20-15(18-4)11(3)16(21-14)19-12-8-7-10(2)13(17)9-12/h7-9H,5-6H2,1-4H3,(H2,18,19,20,21). The van der Waals surface area contributed by atoms with E-state index in [0.29, 0.717) is 0 Å². The van der Waals surface area contributed by atoms with Crippen LogP contribution in [0.3, 0.4) is 0 Å². The fraction of sp³-hybridized carbons (Fsp3) is 0.375. The van der Waals surface area contributed by atoms with Crippen LogP contribution in [0.4, 0.5) is 17.3 Å². The maximum atomic E-state index is 6.17. The van der Waals surface area contributed by atoms with Gasteiger partial charge in [-0.05, 0) is 38.0 Å². The minimum absolute atomic E-state index is 0.745. The van der Waals surface area contributed by atoms with E-state index >= 15 is 0 Å². The van der Waals surface area contributed by atoms with E-state index in [-0.39, 0.29) is 0 Å². The van der Waals surface area contributed by atoms with E-state index in [1.807, 2.05) is 39.1 Å². The van der Waals surface area contributed by atoms with Crippen molar-refractivity contribution in [3.05, 3.63) is 40.2 Å². The monoisotopic (exact) mass is 304 g/mol. The van der Waals surface area contributed by atoms with Crippen molar-refractivity contribution in [2.75, 3.05) is 17.7 Å². The van der Waals surface area contributed by atoms with E-state index in [4.69, 9.17) is 11.6 Å². The van der Waals surface area contributed by atoms with Crippen LogP contribution >= 0.6 is 11.6 Å². The second kappa shape index (κ2) is 6.76. The Labute approximate surface area is 131 Å². The average molecular weight is 305 g/mol. The molecule has 112 valence electrons. The molecule has 0 fully saturated rings. The lowest BCUT2D eigenvalue weighted by atomic mass is 10.2. The number of benzene rings is 1. The van der Waals surface area contributed by atoms with E-state index in [0.717, 1.165) is 52.1 Å². The summed E-state index contributed by atoms with van der Waals surface area (Å²) >= 11 is 6.17. The average Bonchev–Trinajstić information content (AvgIpc) is 2.46. The highest BCUT2D eigenvalue weighted by atomic mass is 35.5. The maximum absolute atomic E-state index is 6.17. The molecule has 2 aromatic rings. The number of hydrogen-bond donors (Lipinski definition) is 2. The quantitative estimate of drug-likeness (QED) is 0.855. The van der Waals surface area contributed by atoms with Crippen molar-refractivity contribution in [1.29, 1.82) is 0 Å². The summed E-state index contributed by atoms with van der Waals surface area (Å²) in [5.41, 5.74) is 2.98. The number of hydrogen-bond acceptors (Lipinski definition) is 4. The van der Waals surface area contributed by atoms with Crippen LogP contribution in [-0.2, 0) is 6.42 Å². The summed E-state index contributed by atoms with van der Waals surface area (Å²) in [4.78, 5) is 9.14. The van der Waals surface area contributed by atoms with Gasteiger partial charge in [0.2, 0.25) is 0 Å². The van der Waals surface area contributed by atoms with Crippen molar-refractivity contribution < 1.29 is 0 Å². The number of rotatable bonds is 5. The van der Waals surface area contributed by atoms with Gasteiger partial charge in [-0.15, -0.1) is 0 Å². The van der Waals surface area contributed by atoms with Crippen LogP contribution in [0.25, 0.3) is 0 Å². The summed E-state index contributed by atoms with van der Waals surface area (Å²) in [5.74, 6) is 2.51. The minimum Gasteiger partial charge on any atom is -0.373 e. The molecular weight excluding hydrogens is 284 g/mol. The summed E-state index contributed by atoms with van der Waals surface area (Å²) in [7, 11) is 1.87. The lowest BCUT2D eigenvalue weighted by molar-refractivity contribution is 0.835. The third kappa shape index (κ3) is 3.64. The predicted octanol–water partition coefficient (Wildman–Crippen LogP) is 4.48. The molecule has 21 heavy (non-hydrogen) atoms. The molecule has 0 unspecified atom stereocenters. The Hall–Kier alpha value is -1.81. The lowest BCUT2D eigenvalue weighted by Gasteiger charge is -2.14. The van der Waals surface area contributed by atoms with Crippen molar-refractivity contribution in [3.63, 3.8) is 0 Å². The fourth-order valence-electron chi connectivity index (χ4n) is 2.07. The largest absolute Gasteiger partial charge is 0.373 e. The van der Waals surface area contributed by atoms with Crippen LogP contribution in [-0.4, -0.2) is 17.0 Å². The molecule has 5 heteroatoms. The van der Waals surface area contributed by atoms with Crippen molar-refractivity contribution >= 4 is 28.9 Å². The van der Waals surface area contributed by atoms with Gasteiger partial charge in [0.05, 0.1) is 0 Å². The van der Waals surface area contributed by atoms with Crippen LogP contribution in [0.15, 0.2) is 18.2 Å². The first-order chi connectivity index (χ1) is 10.0. The molecule has 2 N–H and O–H groups in total. The molecule has 4 nitrogen and oxygen atoms in total. The van der Waals surface area contributed by atoms with Crippen LogP contribution in [0.1, 0.15) is 30.3 Å². The minimum atomic E-state index is 0.745. The van der Waals surface area contributed by atoms with Crippen LogP contribution in [0, 0.1) is 13.8 Å². The third-order valence-corrected chi connectivity index (χ3v) is 3.74. The van der Waals surface area contributed by atoms with Crippen LogP contribution < -0.4 is 10.6 Å². The number of halogens is 1. The highest BCUT2D eigenvalue weighted by Gasteiger charge is 2.10. The lowest BCUT2D eigenvalue weighted by Crippen LogP contribution is -2.07. The number of aromatic nitrogens is 2. The molecule has 0 bridgehead atoms. The predicted molar refractivity (Wildman–Crippen MR) is 89.8 cm³/mol. The fourth-order valence-corrected chi connectivity index (χ4v) is 2.25. The van der Waals surface area contributed by atoms with Gasteiger partial charge in [0.25, 0.3) is 0 Å². The summed E-state index contributed by atoms with van der Waals surface area (Å²) in [5, 5.41) is 7.21. The zero-order chi connectivity index (χ0) is 15.4. The molecule has 1 aromatic heterocycles. The molecule has 1 heterocycles. The van der Waals surface area contributed by atoms with Gasteiger partial charge in [-0.25, -0.2) is 9.97 Å². The number of nitrogens with zero attached hydrogens (tertiary/aromatic N) is 2. The molecule has 0 spiro atoms. The van der Waals surface area contributed by atoms with Crippen molar-refractivity contribution in [1.82, 2.24) is 9.97 Å². The molecule has 0 atom stereocenters. The topological polar surface area (TPSA) is 49.8 Å². The zero-order valence-electron chi connectivity index (χ0n) is 12.9. The zero-order valence-corrected chi connectivity index (χ0v) is 13.7. The highest BCUT2D eigenvalue weighted by Crippen LogP contribution is 2.26. The number of nitrogens with one attached hydrogen (secondary N) is 2. The van der Waals surface area contributed by atoms with E-state index < -0.39 is 0 Å². The van der Waals surface area contributed by atoms with Crippen molar-refractivity contribution in [3.8, 4) is 0 Å². The van der Waals surface area contributed by atoms with Gasteiger partial charge in [0.1, 0.15) is 17.5 Å². The molecule has 0 saturated carbocycles. The number of aryl methyl sites for hydroxylation is 2. The highest BCUT2D eigenvalue weighted by molar-refractivity contribution is 6.31. The van der Waals surface area contributed by atoms with E-state index in [1.54, 1.807) is 0 Å². The number of anilines is 3. The van der Waals surface area contributed by atoms with Gasteiger partial charge in [-0.3, -0.25) is 0 Å². The molecule has 0 radical (unpaired) electrons. The van der Waals surface area contributed by atoms with Gasteiger partial charge in [0.15, 0.2) is 0 Å². The molecule has 1 aromatic carbocycles. The van der Waals surface area contributed by atoms with Crippen molar-refractivity contribution in [2.45, 2.75) is 33.6 Å². The molecule has 0 aliphatic rings. The van der Waals surface area contributed by atoms with Gasteiger partial charge < -0.3 is 10.6 Å². The SMILES string of the molecule is CCCc1nc(NC)c(C)c(Nc2ccc(C)c(Cl)c2)n1. The Morgan fingerprint density at radius 2 is 1.86 bits per heavy atom. The first kappa shape index (κ1) is 15.6. The van der Waals surface area contributed by atoms with Gasteiger partial charge in [-0.1, -0.05) is 24.6 Å². The van der Waals surface area contributed by atoms with Crippen molar-refractivity contribution in [2.24, 2.45) is 0 Å². The summed E-state index contributed by atoms with van der Waals surface area (Å²) in [6.07, 6.45) is 1.88. The normalized spacial score (nSPS) is 10.5. The Bertz CT molecular complexity index is 640. The van der Waals surface area contributed by atoms with Gasteiger partial charge >= 0.3 is 0 Å². The summed E-state index contributed by atoms with van der Waals surface area (Å²) in [6, 6.07) is 5.91. The smallest absolute Gasteiger partial charge is 0.139 e. The molecule has 0 amide bonds. The summed E-state index contributed by atoms with van der Waals surface area (Å²) < 4.78 is 0. The first-order valence-electron chi connectivity index (χ1n) is 7.13. The Morgan fingerprint density at radius 1 is 1.14 bits per heavy atom. The molecule has 0 aliphatic carbocycles. The van der Waals surface area contributed by atoms with Crippen LogP contribution in [0.2, 0.25) is 5.02 Å².